The van der Waals surface area contributed by atoms with Gasteiger partial charge in [0.05, 0.1) is 6.54 Å². The monoisotopic (exact) mass is 360 g/mol. The highest BCUT2D eigenvalue weighted by molar-refractivity contribution is 5.89. The number of rotatable bonds is 4. The summed E-state index contributed by atoms with van der Waals surface area (Å²) in [6, 6.07) is 20.2. The number of carbonyl (C=O) groups is 1. The molecule has 1 unspecified atom stereocenters. The lowest BCUT2D eigenvalue weighted by molar-refractivity contribution is -0.145. The largest absolute Gasteiger partial charge is 0.460 e. The second-order valence-electron chi connectivity index (χ2n) is 7.65. The van der Waals surface area contributed by atoms with Crippen molar-refractivity contribution in [1.29, 1.82) is 0 Å². The molecule has 0 spiro atoms. The number of fused-ring (bicyclic) bond motifs is 1. The molecule has 0 radical (unpaired) electrons. The van der Waals surface area contributed by atoms with E-state index in [-0.39, 0.29) is 12.1 Å². The van der Waals surface area contributed by atoms with Crippen LogP contribution >= 0.6 is 0 Å². The van der Waals surface area contributed by atoms with E-state index in [2.05, 4.69) is 15.9 Å². The molecule has 0 N–H and O–H groups in total. The van der Waals surface area contributed by atoms with E-state index in [0.29, 0.717) is 6.42 Å². The topological polar surface area (TPSA) is 32.8 Å². The first-order valence-electron chi connectivity index (χ1n) is 9.79. The van der Waals surface area contributed by atoms with E-state index in [1.165, 1.54) is 5.82 Å². The highest BCUT2D eigenvalue weighted by atomic mass is 16.6. The Labute approximate surface area is 160 Å². The molecule has 0 amide bonds. The van der Waals surface area contributed by atoms with Gasteiger partial charge in [0, 0.05) is 26.1 Å². The third-order valence-corrected chi connectivity index (χ3v) is 6.13. The zero-order valence-electron chi connectivity index (χ0n) is 15.4. The zero-order chi connectivity index (χ0) is 18.3. The fourth-order valence-electron chi connectivity index (χ4n) is 4.84. The maximum atomic E-state index is 13.2. The van der Waals surface area contributed by atoms with Crippen LogP contribution in [0.3, 0.4) is 0 Å². The van der Waals surface area contributed by atoms with Gasteiger partial charge in [-0.2, -0.15) is 0 Å². The highest BCUT2D eigenvalue weighted by Gasteiger charge is 2.52. The Balaban J connectivity index is 1.47. The van der Waals surface area contributed by atoms with Gasteiger partial charge in [-0.05, 0) is 23.6 Å². The van der Waals surface area contributed by atoms with Gasteiger partial charge in [0.2, 0.25) is 0 Å². The summed E-state index contributed by atoms with van der Waals surface area (Å²) < 4.78 is 5.97. The number of hydrogen-bond acceptors (Lipinski definition) is 4. The minimum atomic E-state index is -0.712. The van der Waals surface area contributed by atoms with Crippen LogP contribution in [0, 0.1) is 0 Å². The molecule has 4 heteroatoms. The second kappa shape index (κ2) is 6.45. The fourth-order valence-corrected chi connectivity index (χ4v) is 4.84. The number of cyclic esters (lactones) is 1. The lowest BCUT2D eigenvalue weighted by Gasteiger charge is -2.27. The summed E-state index contributed by atoms with van der Waals surface area (Å²) in [6.45, 7) is 3.99. The van der Waals surface area contributed by atoms with Gasteiger partial charge < -0.3 is 14.5 Å². The lowest BCUT2D eigenvalue weighted by atomic mass is 9.72. The second-order valence-corrected chi connectivity index (χ2v) is 7.65. The quantitative estimate of drug-likeness (QED) is 0.784. The van der Waals surface area contributed by atoms with Crippen molar-refractivity contribution in [2.75, 3.05) is 26.2 Å². The minimum Gasteiger partial charge on any atom is -0.460 e. The Morgan fingerprint density at radius 1 is 0.926 bits per heavy atom. The SMILES string of the molecule is O=C1OC(CN2CCN3CCC=C32)CC1(c1ccccc1)c1ccccc1. The van der Waals surface area contributed by atoms with Crippen LogP contribution in [0.2, 0.25) is 0 Å². The average Bonchev–Trinajstić information content (AvgIpc) is 3.40. The molecule has 3 heterocycles. The van der Waals surface area contributed by atoms with E-state index in [1.54, 1.807) is 0 Å². The van der Waals surface area contributed by atoms with Gasteiger partial charge in [-0.25, -0.2) is 0 Å². The van der Waals surface area contributed by atoms with Crippen molar-refractivity contribution < 1.29 is 9.53 Å². The Kier molecular flexibility index (Phi) is 3.92. The number of hydrogen-bond donors (Lipinski definition) is 0. The molecule has 2 aromatic carbocycles. The summed E-state index contributed by atoms with van der Waals surface area (Å²) in [7, 11) is 0. The van der Waals surface area contributed by atoms with Crippen molar-refractivity contribution >= 4 is 5.97 Å². The molecular formula is C23H24N2O2. The van der Waals surface area contributed by atoms with Crippen molar-refractivity contribution in [2.45, 2.75) is 24.4 Å². The maximum Gasteiger partial charge on any atom is 0.321 e. The van der Waals surface area contributed by atoms with E-state index in [9.17, 15) is 4.79 Å². The van der Waals surface area contributed by atoms with E-state index < -0.39 is 5.41 Å². The van der Waals surface area contributed by atoms with Crippen LogP contribution in [0.25, 0.3) is 0 Å². The van der Waals surface area contributed by atoms with Gasteiger partial charge in [0.25, 0.3) is 0 Å². The molecule has 0 aromatic heterocycles. The molecule has 2 saturated heterocycles. The Morgan fingerprint density at radius 3 is 2.26 bits per heavy atom. The van der Waals surface area contributed by atoms with Crippen LogP contribution < -0.4 is 0 Å². The molecule has 138 valence electrons. The van der Waals surface area contributed by atoms with E-state index in [4.69, 9.17) is 4.74 Å². The van der Waals surface area contributed by atoms with Gasteiger partial charge in [0.1, 0.15) is 17.3 Å². The maximum absolute atomic E-state index is 13.2. The summed E-state index contributed by atoms with van der Waals surface area (Å²) in [5.74, 6) is 1.20. The highest BCUT2D eigenvalue weighted by Crippen LogP contribution is 2.44. The Morgan fingerprint density at radius 2 is 1.59 bits per heavy atom. The van der Waals surface area contributed by atoms with E-state index >= 15 is 0 Å². The average molecular weight is 360 g/mol. The van der Waals surface area contributed by atoms with Crippen molar-refractivity contribution in [3.63, 3.8) is 0 Å². The normalized spacial score (nSPS) is 23.3. The van der Waals surface area contributed by atoms with Gasteiger partial charge in [-0.1, -0.05) is 60.7 Å². The van der Waals surface area contributed by atoms with E-state index in [0.717, 1.165) is 43.7 Å². The van der Waals surface area contributed by atoms with Crippen molar-refractivity contribution in [1.82, 2.24) is 9.80 Å². The Bertz CT molecular complexity index is 823. The van der Waals surface area contributed by atoms with Crippen LogP contribution in [0.5, 0.6) is 0 Å². The first-order chi connectivity index (χ1) is 13.3. The predicted molar refractivity (Wildman–Crippen MR) is 104 cm³/mol. The molecule has 0 bridgehead atoms. The number of nitrogens with zero attached hydrogens (tertiary/aromatic N) is 2. The van der Waals surface area contributed by atoms with Crippen molar-refractivity contribution in [3.05, 3.63) is 83.7 Å². The molecule has 4 nitrogen and oxygen atoms in total. The molecular weight excluding hydrogens is 336 g/mol. The van der Waals surface area contributed by atoms with Gasteiger partial charge >= 0.3 is 5.97 Å². The summed E-state index contributed by atoms with van der Waals surface area (Å²) in [6.07, 6.45) is 4.02. The predicted octanol–water partition coefficient (Wildman–Crippen LogP) is 3.15. The first kappa shape index (κ1) is 16.4. The van der Waals surface area contributed by atoms with Crippen molar-refractivity contribution in [3.8, 4) is 0 Å². The first-order valence-corrected chi connectivity index (χ1v) is 9.79. The van der Waals surface area contributed by atoms with Gasteiger partial charge in [-0.3, -0.25) is 4.79 Å². The minimum absolute atomic E-state index is 0.0978. The van der Waals surface area contributed by atoms with Crippen LogP contribution in [0.4, 0.5) is 0 Å². The number of benzene rings is 2. The molecule has 0 saturated carbocycles. The zero-order valence-corrected chi connectivity index (χ0v) is 15.4. The standard InChI is InChI=1S/C23H24N2O2/c26-22-23(18-8-3-1-4-9-18,19-10-5-2-6-11-19)16-20(27-22)17-25-15-14-24-13-7-12-21(24)25/h1-6,8-12,20H,7,13-17H2. The molecule has 1 atom stereocenters. The molecule has 2 fully saturated rings. The smallest absolute Gasteiger partial charge is 0.321 e. The third kappa shape index (κ3) is 2.62. The van der Waals surface area contributed by atoms with E-state index in [1.807, 2.05) is 60.7 Å². The van der Waals surface area contributed by atoms with Crippen LogP contribution in [0.1, 0.15) is 24.0 Å². The molecule has 27 heavy (non-hydrogen) atoms. The number of carbonyl (C=O) groups excluding carboxylic acids is 1. The molecule has 5 rings (SSSR count). The summed E-state index contributed by atoms with van der Waals surface area (Å²) >= 11 is 0. The number of esters is 1. The fraction of sp³-hybridized carbons (Fsp3) is 0.348. The summed E-state index contributed by atoms with van der Waals surface area (Å²) in [5, 5.41) is 0. The van der Waals surface area contributed by atoms with Crippen LogP contribution in [-0.2, 0) is 14.9 Å². The van der Waals surface area contributed by atoms with Crippen LogP contribution in [0.15, 0.2) is 72.6 Å². The molecule has 0 aliphatic carbocycles. The molecule has 3 aliphatic heterocycles. The Hall–Kier alpha value is -2.75. The van der Waals surface area contributed by atoms with Crippen LogP contribution in [-0.4, -0.2) is 48.1 Å². The number of ether oxygens (including phenoxy) is 1. The van der Waals surface area contributed by atoms with Crippen molar-refractivity contribution in [2.24, 2.45) is 0 Å². The molecule has 2 aromatic rings. The third-order valence-electron chi connectivity index (χ3n) is 6.13. The summed E-state index contributed by atoms with van der Waals surface area (Å²) in [5.41, 5.74) is 1.33. The molecule has 3 aliphatic rings. The van der Waals surface area contributed by atoms with Gasteiger partial charge in [-0.15, -0.1) is 0 Å². The van der Waals surface area contributed by atoms with Gasteiger partial charge in [0.15, 0.2) is 0 Å². The lowest BCUT2D eigenvalue weighted by Crippen LogP contribution is -2.33. The summed E-state index contributed by atoms with van der Waals surface area (Å²) in [4.78, 5) is 18.1.